The summed E-state index contributed by atoms with van der Waals surface area (Å²) in [5, 5.41) is 26.3. The number of Topliss-reactive ketones (excluding diaryl/α,β-unsaturated/α-hetero) is 2. The summed E-state index contributed by atoms with van der Waals surface area (Å²) in [6.07, 6.45) is 0.441. The molecular formula is C23H33ClO5Si. The molecule has 0 amide bonds. The average molecular weight is 453 g/mol. The SMILES string of the molecule is CC(C)(C)[Si](Cl)(c1ccccc1)c1ccccc1.CCC(=O)CO.O=C(CO)CO. The minimum Gasteiger partial charge on any atom is -0.389 e. The number of carbonyl (C=O) groups excluding carboxylic acids is 2. The maximum Gasteiger partial charge on any atom is 0.222 e. The topological polar surface area (TPSA) is 94.8 Å². The summed E-state index contributed by atoms with van der Waals surface area (Å²) in [6.45, 7) is 7.02. The molecule has 0 bridgehead atoms. The Morgan fingerprint density at radius 3 is 1.27 bits per heavy atom. The zero-order valence-electron chi connectivity index (χ0n) is 18.1. The molecule has 0 unspecified atom stereocenters. The zero-order valence-corrected chi connectivity index (χ0v) is 19.9. The van der Waals surface area contributed by atoms with Crippen molar-refractivity contribution in [3.05, 3.63) is 60.7 Å². The molecule has 0 aromatic heterocycles. The molecule has 0 aliphatic heterocycles. The maximum absolute atomic E-state index is 9.93. The summed E-state index contributed by atoms with van der Waals surface area (Å²) >= 11 is 7.21. The third-order valence-corrected chi connectivity index (χ3v) is 11.6. The highest BCUT2D eigenvalue weighted by Crippen LogP contribution is 2.38. The van der Waals surface area contributed by atoms with Crippen LogP contribution in [0.5, 0.6) is 0 Å². The number of aliphatic hydroxyl groups is 3. The summed E-state index contributed by atoms with van der Waals surface area (Å²) in [4.78, 5) is 19.6. The highest BCUT2D eigenvalue weighted by Gasteiger charge is 2.46. The van der Waals surface area contributed by atoms with Crippen LogP contribution in [0.1, 0.15) is 34.1 Å². The molecule has 166 valence electrons. The summed E-state index contributed by atoms with van der Waals surface area (Å²) in [5.41, 5.74) is 0. The Morgan fingerprint density at radius 1 is 0.767 bits per heavy atom. The molecule has 30 heavy (non-hydrogen) atoms. The van der Waals surface area contributed by atoms with Gasteiger partial charge >= 0.3 is 0 Å². The largest absolute Gasteiger partial charge is 0.389 e. The van der Waals surface area contributed by atoms with Gasteiger partial charge in [0.2, 0.25) is 7.38 Å². The number of carbonyl (C=O) groups is 2. The van der Waals surface area contributed by atoms with Crippen LogP contribution >= 0.6 is 11.1 Å². The first-order valence-corrected chi connectivity index (χ1v) is 12.8. The number of aliphatic hydroxyl groups excluding tert-OH is 3. The Labute approximate surface area is 185 Å². The molecule has 0 fully saturated rings. The lowest BCUT2D eigenvalue weighted by molar-refractivity contribution is -0.124. The Bertz CT molecular complexity index is 678. The monoisotopic (exact) mass is 452 g/mol. The molecule has 0 aliphatic rings. The van der Waals surface area contributed by atoms with Crippen molar-refractivity contribution in [3.63, 3.8) is 0 Å². The fourth-order valence-electron chi connectivity index (χ4n) is 2.53. The quantitative estimate of drug-likeness (QED) is 0.461. The lowest BCUT2D eigenvalue weighted by Gasteiger charge is -2.38. The molecular weight excluding hydrogens is 420 g/mol. The normalized spacial score (nSPS) is 10.8. The summed E-state index contributed by atoms with van der Waals surface area (Å²) in [6, 6.07) is 21.1. The number of ketones is 2. The molecule has 2 aromatic rings. The Morgan fingerprint density at radius 2 is 1.10 bits per heavy atom. The smallest absolute Gasteiger partial charge is 0.222 e. The second-order valence-electron chi connectivity index (χ2n) is 7.55. The van der Waals surface area contributed by atoms with Crippen LogP contribution in [0.2, 0.25) is 5.04 Å². The van der Waals surface area contributed by atoms with Gasteiger partial charge in [0.1, 0.15) is 19.8 Å². The van der Waals surface area contributed by atoms with E-state index in [9.17, 15) is 9.59 Å². The molecule has 0 atom stereocenters. The predicted octanol–water partition coefficient (Wildman–Crippen LogP) is 2.28. The fourth-order valence-corrected chi connectivity index (χ4v) is 6.65. The third-order valence-electron chi connectivity index (χ3n) is 4.30. The molecule has 0 spiro atoms. The van der Waals surface area contributed by atoms with E-state index in [2.05, 4.69) is 69.3 Å². The second-order valence-corrected chi connectivity index (χ2v) is 13.2. The lowest BCUT2D eigenvalue weighted by Crippen LogP contribution is -2.59. The Kier molecular flexibility index (Phi) is 13.4. The Balaban J connectivity index is 0.000000580. The van der Waals surface area contributed by atoms with E-state index in [-0.39, 0.29) is 17.4 Å². The highest BCUT2D eigenvalue weighted by atomic mass is 35.6. The van der Waals surface area contributed by atoms with Gasteiger partial charge in [0.05, 0.1) is 0 Å². The van der Waals surface area contributed by atoms with Gasteiger partial charge in [0, 0.05) is 6.42 Å². The van der Waals surface area contributed by atoms with E-state index < -0.39 is 26.4 Å². The molecule has 0 saturated heterocycles. The summed E-state index contributed by atoms with van der Waals surface area (Å²) in [7, 11) is -2.23. The van der Waals surface area contributed by atoms with E-state index in [1.807, 2.05) is 12.1 Å². The first-order chi connectivity index (χ1) is 14.1. The van der Waals surface area contributed by atoms with Crippen molar-refractivity contribution in [2.75, 3.05) is 19.8 Å². The van der Waals surface area contributed by atoms with E-state index in [0.29, 0.717) is 6.42 Å². The number of benzene rings is 2. The van der Waals surface area contributed by atoms with Gasteiger partial charge in [-0.05, 0) is 15.4 Å². The molecule has 0 radical (unpaired) electrons. The molecule has 5 nitrogen and oxygen atoms in total. The van der Waals surface area contributed by atoms with Gasteiger partial charge in [-0.2, -0.15) is 11.1 Å². The van der Waals surface area contributed by atoms with Gasteiger partial charge in [-0.25, -0.2) is 0 Å². The van der Waals surface area contributed by atoms with Gasteiger partial charge in [0.15, 0.2) is 11.6 Å². The lowest BCUT2D eigenvalue weighted by atomic mass is 10.2. The van der Waals surface area contributed by atoms with E-state index in [1.165, 1.54) is 10.4 Å². The number of rotatable bonds is 6. The third kappa shape index (κ3) is 8.89. The van der Waals surface area contributed by atoms with Crippen molar-refractivity contribution in [1.29, 1.82) is 0 Å². The van der Waals surface area contributed by atoms with E-state index in [1.54, 1.807) is 6.92 Å². The van der Waals surface area contributed by atoms with Gasteiger partial charge in [-0.3, -0.25) is 9.59 Å². The molecule has 0 aliphatic carbocycles. The van der Waals surface area contributed by atoms with Crippen molar-refractivity contribution >= 4 is 40.4 Å². The van der Waals surface area contributed by atoms with Crippen LogP contribution < -0.4 is 10.4 Å². The van der Waals surface area contributed by atoms with Crippen molar-refractivity contribution in [2.24, 2.45) is 0 Å². The minimum atomic E-state index is -2.23. The van der Waals surface area contributed by atoms with Crippen LogP contribution in [0.15, 0.2) is 60.7 Å². The van der Waals surface area contributed by atoms with E-state index >= 15 is 0 Å². The first kappa shape index (κ1) is 28.2. The van der Waals surface area contributed by atoms with Crippen LogP contribution in [0.3, 0.4) is 0 Å². The molecule has 2 aromatic carbocycles. The maximum atomic E-state index is 9.93. The van der Waals surface area contributed by atoms with Crippen molar-refractivity contribution in [2.45, 2.75) is 39.2 Å². The van der Waals surface area contributed by atoms with Crippen molar-refractivity contribution in [1.82, 2.24) is 0 Å². The van der Waals surface area contributed by atoms with Crippen LogP contribution in [-0.2, 0) is 9.59 Å². The van der Waals surface area contributed by atoms with Gasteiger partial charge < -0.3 is 15.3 Å². The number of halogens is 1. The van der Waals surface area contributed by atoms with Gasteiger partial charge in [-0.15, -0.1) is 0 Å². The highest BCUT2D eigenvalue weighted by molar-refractivity contribution is 7.35. The number of hydrogen-bond donors (Lipinski definition) is 3. The fraction of sp³-hybridized carbons (Fsp3) is 0.391. The van der Waals surface area contributed by atoms with E-state index in [4.69, 9.17) is 26.4 Å². The van der Waals surface area contributed by atoms with Crippen LogP contribution in [0.4, 0.5) is 0 Å². The van der Waals surface area contributed by atoms with Crippen LogP contribution in [0.25, 0.3) is 0 Å². The average Bonchev–Trinajstić information content (AvgIpc) is 2.78. The van der Waals surface area contributed by atoms with Gasteiger partial charge in [-0.1, -0.05) is 88.4 Å². The molecule has 2 rings (SSSR count). The summed E-state index contributed by atoms with van der Waals surface area (Å²) in [5.74, 6) is -0.648. The van der Waals surface area contributed by atoms with Gasteiger partial charge in [0.25, 0.3) is 0 Å². The summed E-state index contributed by atoms with van der Waals surface area (Å²) < 4.78 is 0. The van der Waals surface area contributed by atoms with E-state index in [0.717, 1.165) is 0 Å². The molecule has 0 saturated carbocycles. The van der Waals surface area contributed by atoms with Crippen molar-refractivity contribution in [3.8, 4) is 0 Å². The standard InChI is InChI=1S/C16H19ClSi.C4H8O2.C3H6O3/c1-16(2,3)18(17,14-10-6-4-7-11-14)15-12-8-5-9-13-15;1-2-4(6)3-5;4-1-3(6)2-5/h4-13H,1-3H3;5H,2-3H2,1H3;4-5H,1-2H2. The first-order valence-electron chi connectivity index (χ1n) is 9.74. The molecule has 3 N–H and O–H groups in total. The van der Waals surface area contributed by atoms with Crippen molar-refractivity contribution < 1.29 is 24.9 Å². The molecule has 7 heteroatoms. The predicted molar refractivity (Wildman–Crippen MR) is 125 cm³/mol. The Hall–Kier alpha value is -1.83. The zero-order chi connectivity index (χ0) is 23.2. The number of hydrogen-bond acceptors (Lipinski definition) is 5. The van der Waals surface area contributed by atoms with Crippen LogP contribution in [0, 0.1) is 0 Å². The molecule has 0 heterocycles. The minimum absolute atomic E-state index is 0.0667. The van der Waals surface area contributed by atoms with Crippen LogP contribution in [-0.4, -0.2) is 54.1 Å². The second kappa shape index (κ2) is 14.2.